The van der Waals surface area contributed by atoms with Crippen LogP contribution in [0, 0.1) is 0 Å². The Balaban J connectivity index is 1.82. The first-order valence-electron chi connectivity index (χ1n) is 9.29. The highest BCUT2D eigenvalue weighted by atomic mass is 79.9. The molecule has 0 saturated heterocycles. The van der Waals surface area contributed by atoms with Crippen LogP contribution in [0.3, 0.4) is 0 Å². The second-order valence-electron chi connectivity index (χ2n) is 6.09. The number of rotatable bonds is 9. The molecule has 1 heterocycles. The lowest BCUT2D eigenvalue weighted by molar-refractivity contribution is 0.340. The maximum atomic E-state index is 5.69. The summed E-state index contributed by atoms with van der Waals surface area (Å²) in [7, 11) is 0. The number of hydrogen-bond donors (Lipinski definition) is 0. The molecule has 0 aliphatic rings. The second kappa shape index (κ2) is 10.4. The van der Waals surface area contributed by atoms with Gasteiger partial charge in [0.05, 0.1) is 12.8 Å². The van der Waals surface area contributed by atoms with E-state index in [9.17, 15) is 0 Å². The van der Waals surface area contributed by atoms with Crippen molar-refractivity contribution in [2.75, 3.05) is 6.61 Å². The zero-order chi connectivity index (χ0) is 19.8. The molecule has 2 aromatic carbocycles. The van der Waals surface area contributed by atoms with E-state index in [1.165, 1.54) is 5.56 Å². The van der Waals surface area contributed by atoms with Crippen LogP contribution in [-0.2, 0) is 12.2 Å². The molecular weight excluding hydrogens is 436 g/mol. The van der Waals surface area contributed by atoms with Gasteiger partial charge in [0.25, 0.3) is 0 Å². The van der Waals surface area contributed by atoms with Crippen molar-refractivity contribution in [3.8, 4) is 5.75 Å². The number of ether oxygens (including phenoxy) is 1. The third kappa shape index (κ3) is 5.45. The van der Waals surface area contributed by atoms with E-state index in [0.717, 1.165) is 45.4 Å². The number of aromatic nitrogens is 3. The van der Waals surface area contributed by atoms with Gasteiger partial charge < -0.3 is 4.74 Å². The molecule has 3 aromatic rings. The Morgan fingerprint density at radius 3 is 2.64 bits per heavy atom. The Bertz CT molecular complexity index is 924. The predicted molar refractivity (Wildman–Crippen MR) is 118 cm³/mol. The summed E-state index contributed by atoms with van der Waals surface area (Å²) in [5.41, 5.74) is 2.16. The minimum absolute atomic E-state index is 0.618. The van der Waals surface area contributed by atoms with Crippen LogP contribution in [0.5, 0.6) is 5.75 Å². The molecule has 7 heteroatoms. The van der Waals surface area contributed by atoms with Crippen LogP contribution in [0.4, 0.5) is 0 Å². The lowest BCUT2D eigenvalue weighted by atomic mass is 10.2. The van der Waals surface area contributed by atoms with E-state index >= 15 is 0 Å². The zero-order valence-corrected chi connectivity index (χ0v) is 18.4. The van der Waals surface area contributed by atoms with Crippen molar-refractivity contribution in [1.82, 2.24) is 14.9 Å². The highest BCUT2D eigenvalue weighted by Gasteiger charge is 2.12. The first kappa shape index (κ1) is 20.6. The zero-order valence-electron chi connectivity index (χ0n) is 16.0. The van der Waals surface area contributed by atoms with Gasteiger partial charge in [-0.3, -0.25) is 0 Å². The van der Waals surface area contributed by atoms with Crippen molar-refractivity contribution in [1.29, 1.82) is 0 Å². The highest BCUT2D eigenvalue weighted by Crippen LogP contribution is 2.24. The molecule has 0 unspecified atom stereocenters. The molecule has 0 spiro atoms. The van der Waals surface area contributed by atoms with Gasteiger partial charge in [0.2, 0.25) is 5.16 Å². The van der Waals surface area contributed by atoms with Crippen LogP contribution in [0.25, 0.3) is 0 Å². The van der Waals surface area contributed by atoms with Crippen molar-refractivity contribution in [2.24, 2.45) is 5.10 Å². The minimum Gasteiger partial charge on any atom is -0.493 e. The Kier molecular flexibility index (Phi) is 7.68. The van der Waals surface area contributed by atoms with E-state index < -0.39 is 0 Å². The lowest BCUT2D eigenvalue weighted by Crippen LogP contribution is -2.01. The molecule has 0 N–H and O–H groups in total. The van der Waals surface area contributed by atoms with E-state index in [2.05, 4.69) is 50.3 Å². The molecule has 5 nitrogen and oxygen atoms in total. The van der Waals surface area contributed by atoms with Gasteiger partial charge in [-0.05, 0) is 43.2 Å². The van der Waals surface area contributed by atoms with Crippen LogP contribution in [0.1, 0.15) is 37.2 Å². The first-order valence-corrected chi connectivity index (χ1v) is 11.1. The molecular formula is C21H23BrN4OS. The number of halogens is 1. The lowest BCUT2D eigenvalue weighted by Gasteiger charge is -2.07. The minimum atomic E-state index is 0.618. The van der Waals surface area contributed by atoms with Crippen molar-refractivity contribution >= 4 is 33.9 Å². The van der Waals surface area contributed by atoms with Crippen LogP contribution in [0.15, 0.2) is 63.3 Å². The molecule has 1 aromatic heterocycles. The quantitative estimate of drug-likeness (QED) is 0.310. The van der Waals surface area contributed by atoms with Gasteiger partial charge in [0.15, 0.2) is 5.82 Å². The van der Waals surface area contributed by atoms with Gasteiger partial charge in [0.1, 0.15) is 5.75 Å². The first-order chi connectivity index (χ1) is 13.7. The van der Waals surface area contributed by atoms with Gasteiger partial charge in [-0.2, -0.15) is 9.78 Å². The second-order valence-corrected chi connectivity index (χ2v) is 7.95. The van der Waals surface area contributed by atoms with Gasteiger partial charge in [-0.1, -0.05) is 58.9 Å². The number of nitrogens with zero attached hydrogens (tertiary/aromatic N) is 4. The van der Waals surface area contributed by atoms with Crippen LogP contribution in [0.2, 0.25) is 0 Å². The van der Waals surface area contributed by atoms with E-state index in [1.54, 1.807) is 11.8 Å². The summed E-state index contributed by atoms with van der Waals surface area (Å²) in [6.07, 6.45) is 3.63. The Labute approximate surface area is 178 Å². The molecule has 28 heavy (non-hydrogen) atoms. The predicted octanol–water partition coefficient (Wildman–Crippen LogP) is 5.57. The fourth-order valence-electron chi connectivity index (χ4n) is 2.60. The maximum absolute atomic E-state index is 5.69. The summed E-state index contributed by atoms with van der Waals surface area (Å²) >= 11 is 5.10. The summed E-state index contributed by atoms with van der Waals surface area (Å²) in [6, 6.07) is 16.2. The number of aryl methyl sites for hydroxylation is 1. The molecule has 0 bridgehead atoms. The van der Waals surface area contributed by atoms with Crippen molar-refractivity contribution in [3.63, 3.8) is 0 Å². The molecule has 0 atom stereocenters. The normalized spacial score (nSPS) is 11.2. The molecule has 0 fully saturated rings. The molecule has 146 valence electrons. The SMILES string of the molecule is CCCc1nnc(SCc2ccc(Br)cc2)n1/N=C\c1ccccc1OCC. The molecule has 0 radical (unpaired) electrons. The molecule has 0 amide bonds. The molecule has 0 aliphatic heterocycles. The average molecular weight is 459 g/mol. The van der Waals surface area contributed by atoms with Gasteiger partial charge in [0, 0.05) is 22.2 Å². The average Bonchev–Trinajstić information content (AvgIpc) is 3.09. The Morgan fingerprint density at radius 1 is 1.11 bits per heavy atom. The monoisotopic (exact) mass is 458 g/mol. The van der Waals surface area contributed by atoms with Gasteiger partial charge >= 0.3 is 0 Å². The Morgan fingerprint density at radius 2 is 1.89 bits per heavy atom. The van der Waals surface area contributed by atoms with E-state index in [0.29, 0.717) is 6.61 Å². The summed E-state index contributed by atoms with van der Waals surface area (Å²) in [6.45, 7) is 4.72. The number of benzene rings is 2. The van der Waals surface area contributed by atoms with Crippen molar-refractivity contribution in [2.45, 2.75) is 37.6 Å². The molecule has 0 saturated carbocycles. The number of para-hydroxylation sites is 1. The van der Waals surface area contributed by atoms with Crippen molar-refractivity contribution in [3.05, 3.63) is 70.0 Å². The van der Waals surface area contributed by atoms with Crippen molar-refractivity contribution < 1.29 is 4.74 Å². The summed E-state index contributed by atoms with van der Waals surface area (Å²) in [5, 5.41) is 14.2. The summed E-state index contributed by atoms with van der Waals surface area (Å²) < 4.78 is 8.61. The van der Waals surface area contributed by atoms with Gasteiger partial charge in [-0.25, -0.2) is 0 Å². The van der Waals surface area contributed by atoms with E-state index in [-0.39, 0.29) is 0 Å². The van der Waals surface area contributed by atoms with E-state index in [1.807, 2.05) is 54.2 Å². The van der Waals surface area contributed by atoms with Crippen LogP contribution in [-0.4, -0.2) is 27.7 Å². The smallest absolute Gasteiger partial charge is 0.212 e. The third-order valence-electron chi connectivity index (χ3n) is 3.96. The van der Waals surface area contributed by atoms with Crippen LogP contribution < -0.4 is 4.74 Å². The number of hydrogen-bond acceptors (Lipinski definition) is 5. The standard InChI is InChI=1S/C21H23BrN4OS/c1-3-7-20-24-25-21(28-15-16-10-12-18(22)13-11-16)26(20)23-14-17-8-5-6-9-19(17)27-4-2/h5-6,8-14H,3-4,7,15H2,1-2H3/b23-14-. The maximum Gasteiger partial charge on any atom is 0.212 e. The molecule has 3 rings (SSSR count). The summed E-state index contributed by atoms with van der Waals surface area (Å²) in [4.78, 5) is 0. The van der Waals surface area contributed by atoms with Crippen LogP contribution >= 0.6 is 27.7 Å². The molecule has 0 aliphatic carbocycles. The fraction of sp³-hybridized carbons (Fsp3) is 0.286. The van der Waals surface area contributed by atoms with E-state index in [4.69, 9.17) is 4.74 Å². The fourth-order valence-corrected chi connectivity index (χ4v) is 3.73. The largest absolute Gasteiger partial charge is 0.493 e. The number of thioether (sulfide) groups is 1. The Hall–Kier alpha value is -2.12. The third-order valence-corrected chi connectivity index (χ3v) is 5.48. The highest BCUT2D eigenvalue weighted by molar-refractivity contribution is 9.10. The summed E-state index contributed by atoms with van der Waals surface area (Å²) in [5.74, 6) is 2.50. The van der Waals surface area contributed by atoms with Gasteiger partial charge in [-0.15, -0.1) is 10.2 Å². The topological polar surface area (TPSA) is 52.3 Å².